The predicted octanol–water partition coefficient (Wildman–Crippen LogP) is 5.04. The molecule has 0 unspecified atom stereocenters. The number of hydrogen-bond donors (Lipinski definition) is 0. The molecule has 0 spiro atoms. The number of rotatable bonds is 2. The van der Waals surface area contributed by atoms with E-state index in [4.69, 9.17) is 0 Å². The van der Waals surface area contributed by atoms with E-state index in [0.717, 1.165) is 0 Å². The van der Waals surface area contributed by atoms with Gasteiger partial charge in [-0.3, -0.25) is 0 Å². The highest BCUT2D eigenvalue weighted by Crippen LogP contribution is 2.28. The summed E-state index contributed by atoms with van der Waals surface area (Å²) in [6, 6.07) is 8.94. The topological polar surface area (TPSA) is 3.24 Å². The van der Waals surface area contributed by atoms with Gasteiger partial charge in [-0.05, 0) is 54.5 Å². The summed E-state index contributed by atoms with van der Waals surface area (Å²) >= 11 is 0. The quantitative estimate of drug-likeness (QED) is 0.715. The lowest BCUT2D eigenvalue weighted by atomic mass is 9.87. The minimum atomic E-state index is 0.219. The number of benzene rings is 1. The molecule has 0 atom stereocenters. The zero-order chi connectivity index (χ0) is 14.0. The van der Waals surface area contributed by atoms with Gasteiger partial charge in [-0.25, -0.2) is 0 Å². The molecular formula is C18H25N. The third-order valence-electron chi connectivity index (χ3n) is 3.88. The van der Waals surface area contributed by atoms with Crippen LogP contribution in [-0.4, -0.2) is 7.05 Å². The molecular weight excluding hydrogens is 230 g/mol. The largest absolute Gasteiger partial charge is 0.345 e. The fourth-order valence-corrected chi connectivity index (χ4v) is 2.49. The minimum absolute atomic E-state index is 0.219. The molecule has 0 N–H and O–H groups in total. The smallest absolute Gasteiger partial charge is 0.0408 e. The minimum Gasteiger partial charge on any atom is -0.345 e. The first-order valence-corrected chi connectivity index (χ1v) is 7.10. The van der Waals surface area contributed by atoms with E-state index in [-0.39, 0.29) is 5.41 Å². The monoisotopic (exact) mass is 255 g/mol. The fourth-order valence-electron chi connectivity index (χ4n) is 2.49. The number of hydrogen-bond acceptors (Lipinski definition) is 1. The Labute approximate surface area is 117 Å². The molecule has 1 nitrogen and oxygen atoms in total. The molecule has 0 radical (unpaired) electrons. The van der Waals surface area contributed by atoms with Crippen molar-refractivity contribution in [2.24, 2.45) is 0 Å². The van der Waals surface area contributed by atoms with Crippen molar-refractivity contribution in [2.45, 2.75) is 46.0 Å². The van der Waals surface area contributed by atoms with Crippen LogP contribution in [0.4, 0.5) is 5.69 Å². The van der Waals surface area contributed by atoms with Crippen LogP contribution in [0.3, 0.4) is 0 Å². The van der Waals surface area contributed by atoms with Crippen LogP contribution >= 0.6 is 0 Å². The average molecular weight is 255 g/mol. The summed E-state index contributed by atoms with van der Waals surface area (Å²) in [5.41, 5.74) is 5.68. The summed E-state index contributed by atoms with van der Waals surface area (Å²) in [6.07, 6.45) is 6.86. The standard InChI is InChI=1S/C18H25N/c1-14-8-6-7-9-17(14)19(5)16-12-10-15(11-13-16)18(2,3)4/h7,9-13H,6,8H2,1-5H3. The van der Waals surface area contributed by atoms with Gasteiger partial charge in [-0.2, -0.15) is 0 Å². The Hall–Kier alpha value is -1.50. The summed E-state index contributed by atoms with van der Waals surface area (Å²) in [4.78, 5) is 2.29. The lowest BCUT2D eigenvalue weighted by Gasteiger charge is -2.26. The van der Waals surface area contributed by atoms with Gasteiger partial charge in [0.1, 0.15) is 0 Å². The molecule has 0 aliphatic heterocycles. The van der Waals surface area contributed by atoms with Gasteiger partial charge in [0, 0.05) is 18.4 Å². The normalized spacial score (nSPS) is 15.8. The molecule has 0 bridgehead atoms. The lowest BCUT2D eigenvalue weighted by Crippen LogP contribution is -2.18. The van der Waals surface area contributed by atoms with Crippen molar-refractivity contribution < 1.29 is 0 Å². The molecule has 0 aromatic heterocycles. The first-order valence-electron chi connectivity index (χ1n) is 7.10. The van der Waals surface area contributed by atoms with Crippen LogP contribution < -0.4 is 4.90 Å². The van der Waals surface area contributed by atoms with Gasteiger partial charge < -0.3 is 4.90 Å². The van der Waals surface area contributed by atoms with Crippen LogP contribution in [0.15, 0.2) is 47.7 Å². The Morgan fingerprint density at radius 1 is 1.05 bits per heavy atom. The molecule has 1 aliphatic rings. The molecule has 2 rings (SSSR count). The van der Waals surface area contributed by atoms with E-state index in [2.05, 4.69) is 76.1 Å². The molecule has 1 heteroatoms. The van der Waals surface area contributed by atoms with Gasteiger partial charge in [-0.1, -0.05) is 39.0 Å². The molecule has 1 aliphatic carbocycles. The molecule has 0 amide bonds. The third kappa shape index (κ3) is 3.09. The van der Waals surface area contributed by atoms with Gasteiger partial charge in [-0.15, -0.1) is 0 Å². The highest BCUT2D eigenvalue weighted by Gasteiger charge is 2.15. The maximum absolute atomic E-state index is 2.29. The van der Waals surface area contributed by atoms with Crippen LogP contribution in [0.5, 0.6) is 0 Å². The van der Waals surface area contributed by atoms with Crippen LogP contribution in [-0.2, 0) is 5.41 Å². The summed E-state index contributed by atoms with van der Waals surface area (Å²) in [7, 11) is 2.15. The summed E-state index contributed by atoms with van der Waals surface area (Å²) < 4.78 is 0. The second kappa shape index (κ2) is 5.24. The van der Waals surface area contributed by atoms with E-state index in [0.29, 0.717) is 0 Å². The lowest BCUT2D eigenvalue weighted by molar-refractivity contribution is 0.590. The zero-order valence-corrected chi connectivity index (χ0v) is 12.8. The fraction of sp³-hybridized carbons (Fsp3) is 0.444. The second-order valence-corrected chi connectivity index (χ2v) is 6.46. The van der Waals surface area contributed by atoms with E-state index in [9.17, 15) is 0 Å². The van der Waals surface area contributed by atoms with Gasteiger partial charge in [0.25, 0.3) is 0 Å². The maximum Gasteiger partial charge on any atom is 0.0408 e. The molecule has 1 aromatic rings. The van der Waals surface area contributed by atoms with Crippen LogP contribution in [0.1, 0.15) is 46.1 Å². The Morgan fingerprint density at radius 3 is 2.21 bits per heavy atom. The molecule has 0 fully saturated rings. The van der Waals surface area contributed by atoms with E-state index in [1.807, 2.05) is 0 Å². The third-order valence-corrected chi connectivity index (χ3v) is 3.88. The summed E-state index contributed by atoms with van der Waals surface area (Å²) in [6.45, 7) is 8.99. The Morgan fingerprint density at radius 2 is 1.68 bits per heavy atom. The van der Waals surface area contributed by atoms with Crippen molar-refractivity contribution >= 4 is 5.69 Å². The van der Waals surface area contributed by atoms with Crippen LogP contribution in [0, 0.1) is 0 Å². The van der Waals surface area contributed by atoms with Crippen LogP contribution in [0.2, 0.25) is 0 Å². The number of likely N-dealkylation sites (N-methyl/N-ethyl adjacent to an activating group) is 1. The van der Waals surface area contributed by atoms with E-state index >= 15 is 0 Å². The molecule has 0 saturated heterocycles. The van der Waals surface area contributed by atoms with E-state index < -0.39 is 0 Å². The van der Waals surface area contributed by atoms with Crippen molar-refractivity contribution in [1.29, 1.82) is 0 Å². The highest BCUT2D eigenvalue weighted by molar-refractivity contribution is 5.56. The van der Waals surface area contributed by atoms with Gasteiger partial charge in [0.15, 0.2) is 0 Å². The van der Waals surface area contributed by atoms with Crippen molar-refractivity contribution in [3.05, 3.63) is 53.3 Å². The number of anilines is 1. The van der Waals surface area contributed by atoms with Crippen molar-refractivity contribution in [3.8, 4) is 0 Å². The Bertz CT molecular complexity index is 497. The van der Waals surface area contributed by atoms with Crippen molar-refractivity contribution in [1.82, 2.24) is 0 Å². The second-order valence-electron chi connectivity index (χ2n) is 6.46. The highest BCUT2D eigenvalue weighted by atomic mass is 15.1. The summed E-state index contributed by atoms with van der Waals surface area (Å²) in [5, 5.41) is 0. The van der Waals surface area contributed by atoms with Crippen LogP contribution in [0.25, 0.3) is 0 Å². The molecule has 19 heavy (non-hydrogen) atoms. The van der Waals surface area contributed by atoms with E-state index in [1.165, 1.54) is 35.4 Å². The van der Waals surface area contributed by atoms with Gasteiger partial charge in [0.2, 0.25) is 0 Å². The van der Waals surface area contributed by atoms with Crippen molar-refractivity contribution in [3.63, 3.8) is 0 Å². The number of allylic oxidation sites excluding steroid dienone is 3. The van der Waals surface area contributed by atoms with Crippen molar-refractivity contribution in [2.75, 3.05) is 11.9 Å². The van der Waals surface area contributed by atoms with Gasteiger partial charge >= 0.3 is 0 Å². The first-order chi connectivity index (χ1) is 8.89. The number of nitrogens with zero attached hydrogens (tertiary/aromatic N) is 1. The molecule has 102 valence electrons. The molecule has 0 heterocycles. The zero-order valence-electron chi connectivity index (χ0n) is 12.8. The maximum atomic E-state index is 2.29. The Balaban J connectivity index is 2.25. The molecule has 1 aromatic carbocycles. The SMILES string of the molecule is CC1=C(N(C)c2ccc(C(C)(C)C)cc2)C=CCC1. The van der Waals surface area contributed by atoms with Gasteiger partial charge in [0.05, 0.1) is 0 Å². The average Bonchev–Trinajstić information content (AvgIpc) is 2.38. The summed E-state index contributed by atoms with van der Waals surface area (Å²) in [5.74, 6) is 0. The molecule has 0 saturated carbocycles. The predicted molar refractivity (Wildman–Crippen MR) is 84.6 cm³/mol. The first kappa shape index (κ1) is 13.9. The van der Waals surface area contributed by atoms with E-state index in [1.54, 1.807) is 0 Å². The Kier molecular flexibility index (Phi) is 3.84.